The average molecular weight is 429 g/mol. The third kappa shape index (κ3) is 6.70. The number of nitrogens with zero attached hydrogens (tertiary/aromatic N) is 3. The van der Waals surface area contributed by atoms with Crippen LogP contribution in [0, 0.1) is 5.92 Å². The van der Waals surface area contributed by atoms with E-state index in [9.17, 15) is 4.79 Å². The second kappa shape index (κ2) is 12.1. The lowest BCUT2D eigenvalue weighted by Gasteiger charge is -2.33. The van der Waals surface area contributed by atoms with Gasteiger partial charge in [-0.1, -0.05) is 43.5 Å². The number of piperidine rings is 1. The minimum Gasteiger partial charge on any atom is -0.466 e. The van der Waals surface area contributed by atoms with E-state index < -0.39 is 0 Å². The zero-order chi connectivity index (χ0) is 22.1. The molecule has 1 aliphatic heterocycles. The molecule has 1 aromatic rings. The number of likely N-dealkylation sites (tertiary alicyclic amines) is 1. The Hall–Kier alpha value is -2.08. The van der Waals surface area contributed by atoms with Crippen molar-refractivity contribution in [1.29, 1.82) is 0 Å². The molecule has 0 bridgehead atoms. The molecule has 0 amide bonds. The molecule has 1 aliphatic carbocycles. The number of carbonyl (C=O) groups is 1. The first kappa shape index (κ1) is 23.6. The fraction of sp³-hybridized carbons (Fsp3) is 0.680. The third-order valence-corrected chi connectivity index (χ3v) is 6.80. The molecule has 2 aliphatic rings. The third-order valence-electron chi connectivity index (χ3n) is 6.80. The van der Waals surface area contributed by atoms with Crippen molar-refractivity contribution in [2.45, 2.75) is 71.0 Å². The van der Waals surface area contributed by atoms with Gasteiger partial charge in [-0.3, -0.25) is 14.7 Å². The second-order valence-corrected chi connectivity index (χ2v) is 8.89. The van der Waals surface area contributed by atoms with Gasteiger partial charge in [0, 0.05) is 39.3 Å². The molecule has 0 atom stereocenters. The van der Waals surface area contributed by atoms with Gasteiger partial charge in [0.15, 0.2) is 5.96 Å². The molecule has 0 spiro atoms. The maximum atomic E-state index is 12.0. The van der Waals surface area contributed by atoms with Crippen molar-refractivity contribution in [2.24, 2.45) is 10.9 Å². The lowest BCUT2D eigenvalue weighted by Crippen LogP contribution is -2.46. The van der Waals surface area contributed by atoms with Crippen molar-refractivity contribution in [3.63, 3.8) is 0 Å². The standard InChI is InChI=1S/C25H40N4O2/c1-4-31-24(30)20-14-16-29(17-15-20)25(26-2)27-18-21-10-8-9-11-22(21)19-28(3)23-12-6-5-7-13-23/h8-11,20,23H,4-7,12-19H2,1-3H3,(H,26,27). The quantitative estimate of drug-likeness (QED) is 0.407. The van der Waals surface area contributed by atoms with E-state index in [0.29, 0.717) is 12.6 Å². The Labute approximate surface area is 188 Å². The Kier molecular flexibility index (Phi) is 9.19. The summed E-state index contributed by atoms with van der Waals surface area (Å²) < 4.78 is 5.19. The Balaban J connectivity index is 1.53. The molecular weight excluding hydrogens is 388 g/mol. The van der Waals surface area contributed by atoms with Crippen LogP contribution in [0.4, 0.5) is 0 Å². The minimum absolute atomic E-state index is 0.0188. The van der Waals surface area contributed by atoms with Crippen molar-refractivity contribution in [1.82, 2.24) is 15.1 Å². The maximum Gasteiger partial charge on any atom is 0.309 e. The number of esters is 1. The number of aliphatic imine (C=N–C) groups is 1. The SMILES string of the molecule is CCOC(=O)C1CCN(C(=NC)NCc2ccccc2CN(C)C2CCCCC2)CC1. The van der Waals surface area contributed by atoms with E-state index >= 15 is 0 Å². The van der Waals surface area contributed by atoms with Crippen LogP contribution in [0.15, 0.2) is 29.3 Å². The molecule has 1 heterocycles. The monoisotopic (exact) mass is 428 g/mol. The highest BCUT2D eigenvalue weighted by Gasteiger charge is 2.27. The first-order chi connectivity index (χ1) is 15.1. The van der Waals surface area contributed by atoms with E-state index in [1.54, 1.807) is 0 Å². The van der Waals surface area contributed by atoms with E-state index in [1.807, 2.05) is 14.0 Å². The average Bonchev–Trinajstić information content (AvgIpc) is 2.81. The molecular formula is C25H40N4O2. The van der Waals surface area contributed by atoms with E-state index in [4.69, 9.17) is 4.74 Å². The van der Waals surface area contributed by atoms with Crippen LogP contribution in [-0.2, 0) is 22.6 Å². The number of hydrogen-bond acceptors (Lipinski definition) is 4. The zero-order valence-corrected chi connectivity index (χ0v) is 19.6. The Morgan fingerprint density at radius 3 is 2.45 bits per heavy atom. The number of carbonyl (C=O) groups excluding carboxylic acids is 1. The van der Waals surface area contributed by atoms with Crippen LogP contribution in [0.25, 0.3) is 0 Å². The Morgan fingerprint density at radius 1 is 1.13 bits per heavy atom. The number of rotatable bonds is 7. The molecule has 0 aromatic heterocycles. The molecule has 0 radical (unpaired) electrons. The number of benzene rings is 1. The predicted molar refractivity (Wildman–Crippen MR) is 126 cm³/mol. The summed E-state index contributed by atoms with van der Waals surface area (Å²) in [6.07, 6.45) is 8.41. The molecule has 6 heteroatoms. The van der Waals surface area contributed by atoms with Crippen molar-refractivity contribution in [3.8, 4) is 0 Å². The van der Waals surface area contributed by atoms with E-state index in [-0.39, 0.29) is 11.9 Å². The lowest BCUT2D eigenvalue weighted by atomic mass is 9.94. The number of hydrogen-bond donors (Lipinski definition) is 1. The van der Waals surface area contributed by atoms with Gasteiger partial charge in [-0.05, 0) is 50.8 Å². The van der Waals surface area contributed by atoms with Crippen molar-refractivity contribution in [2.75, 3.05) is 33.8 Å². The fourth-order valence-corrected chi connectivity index (χ4v) is 4.90. The van der Waals surface area contributed by atoms with Crippen LogP contribution in [0.3, 0.4) is 0 Å². The van der Waals surface area contributed by atoms with E-state index in [0.717, 1.165) is 45.0 Å². The molecule has 172 valence electrons. The fourth-order valence-electron chi connectivity index (χ4n) is 4.90. The molecule has 1 saturated carbocycles. The number of nitrogens with one attached hydrogen (secondary N) is 1. The van der Waals surface area contributed by atoms with Gasteiger partial charge < -0.3 is 15.0 Å². The van der Waals surface area contributed by atoms with Crippen LogP contribution in [0.1, 0.15) is 63.0 Å². The highest BCUT2D eigenvalue weighted by atomic mass is 16.5. The zero-order valence-electron chi connectivity index (χ0n) is 19.6. The van der Waals surface area contributed by atoms with Gasteiger partial charge in [-0.2, -0.15) is 0 Å². The predicted octanol–water partition coefficient (Wildman–Crippen LogP) is 3.80. The van der Waals surface area contributed by atoms with Crippen LogP contribution >= 0.6 is 0 Å². The first-order valence-electron chi connectivity index (χ1n) is 12.0. The van der Waals surface area contributed by atoms with E-state index in [1.165, 1.54) is 43.2 Å². The second-order valence-electron chi connectivity index (χ2n) is 8.89. The minimum atomic E-state index is -0.0545. The maximum absolute atomic E-state index is 12.0. The van der Waals surface area contributed by atoms with Gasteiger partial charge in [0.25, 0.3) is 0 Å². The molecule has 2 fully saturated rings. The van der Waals surface area contributed by atoms with E-state index in [2.05, 4.69) is 51.4 Å². The molecule has 1 saturated heterocycles. The normalized spacial score (nSPS) is 19.0. The lowest BCUT2D eigenvalue weighted by molar-refractivity contribution is -0.149. The van der Waals surface area contributed by atoms with Crippen LogP contribution in [0.5, 0.6) is 0 Å². The molecule has 6 nitrogen and oxygen atoms in total. The Morgan fingerprint density at radius 2 is 1.81 bits per heavy atom. The summed E-state index contributed by atoms with van der Waals surface area (Å²) >= 11 is 0. The molecule has 1 N–H and O–H groups in total. The van der Waals surface area contributed by atoms with Crippen molar-refractivity contribution >= 4 is 11.9 Å². The van der Waals surface area contributed by atoms with Crippen LogP contribution in [-0.4, -0.2) is 61.6 Å². The van der Waals surface area contributed by atoms with Gasteiger partial charge in [-0.15, -0.1) is 0 Å². The van der Waals surface area contributed by atoms with Gasteiger partial charge in [0.1, 0.15) is 0 Å². The summed E-state index contributed by atoms with van der Waals surface area (Å²) in [6.45, 7) is 5.73. The van der Waals surface area contributed by atoms with Crippen LogP contribution < -0.4 is 5.32 Å². The van der Waals surface area contributed by atoms with Crippen molar-refractivity contribution < 1.29 is 9.53 Å². The summed E-state index contributed by atoms with van der Waals surface area (Å²) in [4.78, 5) is 21.3. The summed E-state index contributed by atoms with van der Waals surface area (Å²) in [5.74, 6) is 0.879. The highest BCUT2D eigenvalue weighted by Crippen LogP contribution is 2.24. The molecule has 31 heavy (non-hydrogen) atoms. The molecule has 1 aromatic carbocycles. The Bertz CT molecular complexity index is 722. The number of ether oxygens (including phenoxy) is 1. The summed E-state index contributed by atoms with van der Waals surface area (Å²) in [5.41, 5.74) is 2.72. The van der Waals surface area contributed by atoms with Gasteiger partial charge >= 0.3 is 5.97 Å². The smallest absolute Gasteiger partial charge is 0.309 e. The van der Waals surface area contributed by atoms with Gasteiger partial charge in [0.05, 0.1) is 12.5 Å². The molecule has 3 rings (SSSR count). The number of guanidine groups is 1. The van der Waals surface area contributed by atoms with Crippen LogP contribution in [0.2, 0.25) is 0 Å². The summed E-state index contributed by atoms with van der Waals surface area (Å²) in [7, 11) is 4.11. The molecule has 0 unspecified atom stereocenters. The summed E-state index contributed by atoms with van der Waals surface area (Å²) in [5, 5.41) is 3.56. The van der Waals surface area contributed by atoms with Gasteiger partial charge in [0.2, 0.25) is 0 Å². The first-order valence-corrected chi connectivity index (χ1v) is 12.0. The summed E-state index contributed by atoms with van der Waals surface area (Å²) in [6, 6.07) is 9.45. The van der Waals surface area contributed by atoms with Gasteiger partial charge in [-0.25, -0.2) is 0 Å². The largest absolute Gasteiger partial charge is 0.466 e. The van der Waals surface area contributed by atoms with Crippen molar-refractivity contribution in [3.05, 3.63) is 35.4 Å². The topological polar surface area (TPSA) is 57.2 Å². The highest BCUT2D eigenvalue weighted by molar-refractivity contribution is 5.80.